The number of carbonyl (C=O) groups is 1. The third-order valence-corrected chi connectivity index (χ3v) is 17.0. The molecule has 8 fully saturated rings. The molecular weight excluding hydrogens is 880 g/mol. The van der Waals surface area contributed by atoms with E-state index in [2.05, 4.69) is 13.5 Å². The van der Waals surface area contributed by atoms with Crippen LogP contribution in [0.25, 0.3) is 0 Å². The number of ether oxygens (including phenoxy) is 8. The van der Waals surface area contributed by atoms with Crippen LogP contribution in [0.3, 0.4) is 0 Å². The van der Waals surface area contributed by atoms with Crippen molar-refractivity contribution >= 4 is 5.97 Å². The second kappa shape index (κ2) is 18.9. The molecule has 8 rings (SSSR count). The smallest absolute Gasteiger partial charge is 0.314 e. The summed E-state index contributed by atoms with van der Waals surface area (Å²) in [5, 5.41) is 137. The van der Waals surface area contributed by atoms with E-state index >= 15 is 0 Å². The number of carbonyl (C=O) groups excluding carboxylic acids is 1. The van der Waals surface area contributed by atoms with Crippen LogP contribution in [0.4, 0.5) is 0 Å². The molecule has 2 bridgehead atoms. The average Bonchev–Trinajstić information content (AvgIpc) is 3.48. The largest absolute Gasteiger partial charge is 0.432 e. The zero-order valence-corrected chi connectivity index (χ0v) is 37.4. The molecule has 66 heavy (non-hydrogen) atoms. The number of aliphatic hydroxyl groups is 13. The second-order valence-electron chi connectivity index (χ2n) is 20.8. The Bertz CT molecular complexity index is 1740. The van der Waals surface area contributed by atoms with Crippen LogP contribution in [0, 0.1) is 28.1 Å². The summed E-state index contributed by atoms with van der Waals surface area (Å²) in [5.41, 5.74) is -2.19. The molecule has 4 aliphatic heterocycles. The van der Waals surface area contributed by atoms with Gasteiger partial charge in [0.2, 0.25) is 6.29 Å². The molecule has 4 saturated heterocycles. The molecule has 4 heterocycles. The van der Waals surface area contributed by atoms with E-state index in [0.717, 1.165) is 12.0 Å². The number of hydrogen-bond acceptors (Lipinski definition) is 22. The van der Waals surface area contributed by atoms with E-state index in [0.29, 0.717) is 51.4 Å². The number of fused-ring (bicyclic) bond motifs is 3. The highest BCUT2D eigenvalue weighted by Crippen LogP contribution is 2.73. The van der Waals surface area contributed by atoms with Crippen LogP contribution in [-0.2, 0) is 42.7 Å². The van der Waals surface area contributed by atoms with Gasteiger partial charge in [0, 0.05) is 0 Å². The molecule has 8 aliphatic rings. The minimum absolute atomic E-state index is 0.0493. The molecular formula is C44H70O22. The Morgan fingerprint density at radius 1 is 0.606 bits per heavy atom. The summed E-state index contributed by atoms with van der Waals surface area (Å²) in [6.45, 7) is 7.77. The normalized spacial score (nSPS) is 55.2. The molecule has 0 aromatic carbocycles. The van der Waals surface area contributed by atoms with Gasteiger partial charge in [-0.15, -0.1) is 0 Å². The SMILES string of the molecule is C=C1C[C@@]23CC[C@@H]4[C@@](C)(CCC[C@@]4(C)C(=O)O[C@@H]4O[C@H](CO)[C@@H](O)[C@H](O)[C@H]4O)[C@@H]2CC[C@]1(O[C@@H]1O[C@H](CO)[C@@H](O)[C@H](O[C@@H]2O[C@H](CO)[C@@H](O)[C@H](O)[C@H]2O)[C@H]1O[C@H]1O[C@@H](C)[C@H](O)[C@@H](O)[C@H]1O)C3. The van der Waals surface area contributed by atoms with Crippen LogP contribution in [-0.4, -0.2) is 221 Å². The minimum atomic E-state index is -1.92. The highest BCUT2D eigenvalue weighted by Gasteiger charge is 2.70. The van der Waals surface area contributed by atoms with Crippen molar-refractivity contribution in [3.05, 3.63) is 12.2 Å². The van der Waals surface area contributed by atoms with E-state index in [1.165, 1.54) is 6.92 Å². The maximum atomic E-state index is 14.3. The van der Waals surface area contributed by atoms with Crippen molar-refractivity contribution in [2.24, 2.45) is 28.1 Å². The Morgan fingerprint density at radius 2 is 1.12 bits per heavy atom. The summed E-state index contributed by atoms with van der Waals surface area (Å²) in [6, 6.07) is 0. The first-order chi connectivity index (χ1) is 31.1. The predicted octanol–water partition coefficient (Wildman–Crippen LogP) is -4.09. The van der Waals surface area contributed by atoms with E-state index in [-0.39, 0.29) is 17.3 Å². The van der Waals surface area contributed by atoms with Gasteiger partial charge in [0.25, 0.3) is 0 Å². The summed E-state index contributed by atoms with van der Waals surface area (Å²) >= 11 is 0. The van der Waals surface area contributed by atoms with Crippen molar-refractivity contribution in [3.8, 4) is 0 Å². The Kier molecular flexibility index (Phi) is 14.5. The van der Waals surface area contributed by atoms with Gasteiger partial charge in [-0.2, -0.15) is 0 Å². The highest BCUT2D eigenvalue weighted by molar-refractivity contribution is 5.77. The molecule has 0 unspecified atom stereocenters. The Morgan fingerprint density at radius 3 is 1.74 bits per heavy atom. The fourth-order valence-electron chi connectivity index (χ4n) is 13.4. The van der Waals surface area contributed by atoms with Crippen LogP contribution in [0.2, 0.25) is 0 Å². The zero-order chi connectivity index (χ0) is 48.0. The molecule has 378 valence electrons. The lowest BCUT2D eigenvalue weighted by atomic mass is 9.41. The van der Waals surface area contributed by atoms with Gasteiger partial charge in [0.1, 0.15) is 91.6 Å². The zero-order valence-electron chi connectivity index (χ0n) is 37.4. The number of hydrogen-bond donors (Lipinski definition) is 13. The fourth-order valence-corrected chi connectivity index (χ4v) is 13.4. The molecule has 26 atom stereocenters. The first kappa shape index (κ1) is 50.8. The Hall–Kier alpha value is -1.59. The van der Waals surface area contributed by atoms with Gasteiger partial charge in [0.05, 0.1) is 36.9 Å². The standard InChI is InChI=1S/C44H70O22/c1-17-12-43-10-6-22-41(3,8-5-9-42(22,4)40(58)65-38-33(57)30(54)26(50)20(14-46)61-38)23(43)7-11-44(17,16-43)66-39-35(64-36-31(55)28(52)24(48)18(2)59-36)34(27(51)21(15-47)62-39)63-37-32(56)29(53)25(49)19(13-45)60-37/h18-39,45-57H,1,5-16H2,2-4H3/t18-,19+,20+,21+,22+,23-,24-,25+,26+,27+,28+,29-,30-,31+,32+,33+,34-,35+,36+,37-,38-,39-,41+,42+,43+,44-/m0/s1. The lowest BCUT2D eigenvalue weighted by molar-refractivity contribution is -0.398. The van der Waals surface area contributed by atoms with Gasteiger partial charge >= 0.3 is 5.97 Å². The molecule has 22 heteroatoms. The van der Waals surface area contributed by atoms with Crippen molar-refractivity contribution in [1.82, 2.24) is 0 Å². The molecule has 4 saturated carbocycles. The lowest BCUT2D eigenvalue weighted by Gasteiger charge is -2.64. The molecule has 13 N–H and O–H groups in total. The van der Waals surface area contributed by atoms with E-state index in [1.54, 1.807) is 0 Å². The maximum Gasteiger partial charge on any atom is 0.314 e. The van der Waals surface area contributed by atoms with E-state index in [9.17, 15) is 71.2 Å². The van der Waals surface area contributed by atoms with Gasteiger partial charge in [-0.1, -0.05) is 19.9 Å². The van der Waals surface area contributed by atoms with Crippen molar-refractivity contribution < 1.29 is 109 Å². The van der Waals surface area contributed by atoms with Crippen LogP contribution in [0.5, 0.6) is 0 Å². The number of aliphatic hydroxyl groups excluding tert-OH is 13. The molecule has 0 amide bonds. The Balaban J connectivity index is 1.06. The predicted molar refractivity (Wildman–Crippen MR) is 218 cm³/mol. The lowest BCUT2D eigenvalue weighted by Crippen LogP contribution is -2.67. The van der Waals surface area contributed by atoms with E-state index < -0.39 is 165 Å². The summed E-state index contributed by atoms with van der Waals surface area (Å²) in [5.74, 6) is -0.750. The highest BCUT2D eigenvalue weighted by atomic mass is 16.8. The monoisotopic (exact) mass is 950 g/mol. The van der Waals surface area contributed by atoms with Crippen molar-refractivity contribution in [1.29, 1.82) is 0 Å². The fraction of sp³-hybridized carbons (Fsp3) is 0.932. The average molecular weight is 951 g/mol. The van der Waals surface area contributed by atoms with Gasteiger partial charge in [-0.3, -0.25) is 4.79 Å². The third kappa shape index (κ3) is 8.30. The van der Waals surface area contributed by atoms with Gasteiger partial charge in [-0.25, -0.2) is 0 Å². The number of rotatable bonds is 11. The summed E-state index contributed by atoms with van der Waals surface area (Å²) in [4.78, 5) is 14.3. The molecule has 1 spiro atoms. The van der Waals surface area contributed by atoms with Crippen molar-refractivity contribution in [2.45, 2.75) is 207 Å². The van der Waals surface area contributed by atoms with Crippen molar-refractivity contribution in [2.75, 3.05) is 19.8 Å². The van der Waals surface area contributed by atoms with Crippen LogP contribution in [0.15, 0.2) is 12.2 Å². The first-order valence-corrected chi connectivity index (χ1v) is 23.2. The summed E-state index contributed by atoms with van der Waals surface area (Å²) in [6.07, 6.45) is -27.4. The quantitative estimate of drug-likeness (QED) is 0.0532. The van der Waals surface area contributed by atoms with Gasteiger partial charge in [-0.05, 0) is 93.5 Å². The van der Waals surface area contributed by atoms with Crippen LogP contribution in [0.1, 0.15) is 78.6 Å². The molecule has 4 aliphatic carbocycles. The Labute approximate surface area is 381 Å². The molecule has 22 nitrogen and oxygen atoms in total. The topological polar surface area (TPSA) is 354 Å². The summed E-state index contributed by atoms with van der Waals surface area (Å²) in [7, 11) is 0. The van der Waals surface area contributed by atoms with Gasteiger partial charge in [0.15, 0.2) is 18.9 Å². The number of esters is 1. The van der Waals surface area contributed by atoms with Crippen LogP contribution >= 0.6 is 0 Å². The molecule has 0 radical (unpaired) electrons. The first-order valence-electron chi connectivity index (χ1n) is 23.2. The van der Waals surface area contributed by atoms with Crippen molar-refractivity contribution in [3.63, 3.8) is 0 Å². The van der Waals surface area contributed by atoms with Crippen LogP contribution < -0.4 is 0 Å². The summed E-state index contributed by atoms with van der Waals surface area (Å²) < 4.78 is 48.4. The minimum Gasteiger partial charge on any atom is -0.432 e. The third-order valence-electron chi connectivity index (χ3n) is 17.0. The van der Waals surface area contributed by atoms with Gasteiger partial charge < -0.3 is 104 Å². The van der Waals surface area contributed by atoms with E-state index in [1.807, 2.05) is 6.92 Å². The second-order valence-corrected chi connectivity index (χ2v) is 20.8. The van der Waals surface area contributed by atoms with E-state index in [4.69, 9.17) is 37.9 Å². The molecule has 0 aromatic heterocycles. The maximum absolute atomic E-state index is 14.3. The molecule has 0 aromatic rings.